The first kappa shape index (κ1) is 16.9. The van der Waals surface area contributed by atoms with Crippen LogP contribution in [0.1, 0.15) is 49.2 Å². The molecule has 2 fully saturated rings. The summed E-state index contributed by atoms with van der Waals surface area (Å²) in [7, 11) is 0. The summed E-state index contributed by atoms with van der Waals surface area (Å²) in [6.07, 6.45) is 4.05. The third-order valence-corrected chi connectivity index (χ3v) is 5.75. The van der Waals surface area contributed by atoms with Gasteiger partial charge < -0.3 is 14.4 Å². The Kier molecular flexibility index (Phi) is 5.67. The molecule has 3 atom stereocenters. The molecule has 1 amide bonds. The van der Waals surface area contributed by atoms with Crippen LogP contribution < -0.4 is 0 Å². The Morgan fingerprint density at radius 2 is 2.39 bits per heavy atom. The van der Waals surface area contributed by atoms with Crippen LogP contribution in [0.2, 0.25) is 0 Å². The van der Waals surface area contributed by atoms with Crippen LogP contribution in [0, 0.1) is 6.92 Å². The Balaban J connectivity index is 1.51. The smallest absolute Gasteiger partial charge is 0.251 e. The van der Waals surface area contributed by atoms with Crippen molar-refractivity contribution in [3.05, 3.63) is 16.1 Å². The monoisotopic (exact) mass is 338 g/mol. The predicted octanol–water partition coefficient (Wildman–Crippen LogP) is 2.74. The van der Waals surface area contributed by atoms with Gasteiger partial charge in [0.2, 0.25) is 0 Å². The minimum Gasteiger partial charge on any atom is -0.376 e. The highest BCUT2D eigenvalue weighted by atomic mass is 32.1. The average molecular weight is 338 g/mol. The Morgan fingerprint density at radius 3 is 3.09 bits per heavy atom. The molecule has 2 aliphatic rings. The zero-order valence-corrected chi connectivity index (χ0v) is 14.8. The second kappa shape index (κ2) is 7.73. The van der Waals surface area contributed by atoms with Gasteiger partial charge >= 0.3 is 0 Å². The number of piperidine rings is 1. The quantitative estimate of drug-likeness (QED) is 0.828. The number of aromatic nitrogens is 1. The van der Waals surface area contributed by atoms with E-state index >= 15 is 0 Å². The lowest BCUT2D eigenvalue weighted by atomic mass is 9.98. The number of carbonyl (C=O) groups is 1. The molecule has 0 N–H and O–H groups in total. The van der Waals surface area contributed by atoms with Crippen LogP contribution in [0.25, 0.3) is 0 Å². The molecule has 0 bridgehead atoms. The van der Waals surface area contributed by atoms with Crippen molar-refractivity contribution in [2.24, 2.45) is 0 Å². The summed E-state index contributed by atoms with van der Waals surface area (Å²) in [5.74, 6) is 0.470. The number of ether oxygens (including phenoxy) is 2. The molecule has 3 heterocycles. The molecule has 0 radical (unpaired) electrons. The summed E-state index contributed by atoms with van der Waals surface area (Å²) in [5, 5.41) is 3.25. The number of rotatable bonds is 5. The number of thiazole rings is 1. The zero-order chi connectivity index (χ0) is 16.2. The minimum absolute atomic E-state index is 0.0981. The Hall–Kier alpha value is -0.980. The van der Waals surface area contributed by atoms with Gasteiger partial charge in [0.05, 0.1) is 17.7 Å². The van der Waals surface area contributed by atoms with Gasteiger partial charge in [-0.3, -0.25) is 4.79 Å². The summed E-state index contributed by atoms with van der Waals surface area (Å²) in [5.41, 5.74) is 1.07. The van der Waals surface area contributed by atoms with E-state index in [2.05, 4.69) is 10.4 Å². The molecule has 0 aliphatic carbocycles. The van der Waals surface area contributed by atoms with Crippen molar-refractivity contribution in [1.29, 1.82) is 0 Å². The number of hydrogen-bond acceptors (Lipinski definition) is 5. The van der Waals surface area contributed by atoms with Gasteiger partial charge in [-0.2, -0.15) is 0 Å². The zero-order valence-electron chi connectivity index (χ0n) is 14.0. The van der Waals surface area contributed by atoms with Crippen LogP contribution in [0.3, 0.4) is 0 Å². The van der Waals surface area contributed by atoms with Crippen LogP contribution in [-0.2, 0) is 14.3 Å². The standard InChI is InChI=1S/C17H26N2O3S/c1-12-11-23-16(18-12)14-5-3-7-19(9-14)17(20)13(2)22-10-15-6-4-8-21-15/h11,13-15H,3-10H2,1-2H3. The van der Waals surface area contributed by atoms with Crippen LogP contribution in [-0.4, -0.2) is 54.3 Å². The molecule has 6 heteroatoms. The van der Waals surface area contributed by atoms with Gasteiger partial charge in [-0.25, -0.2) is 4.98 Å². The molecule has 3 rings (SSSR count). The maximum atomic E-state index is 12.6. The lowest BCUT2D eigenvalue weighted by molar-refractivity contribution is -0.145. The van der Waals surface area contributed by atoms with Crippen molar-refractivity contribution < 1.29 is 14.3 Å². The Morgan fingerprint density at radius 1 is 1.52 bits per heavy atom. The van der Waals surface area contributed by atoms with E-state index in [0.717, 1.165) is 56.1 Å². The first-order valence-corrected chi connectivity index (χ1v) is 9.45. The number of hydrogen-bond donors (Lipinski definition) is 0. The largest absolute Gasteiger partial charge is 0.376 e. The Bertz CT molecular complexity index is 528. The van der Waals surface area contributed by atoms with Gasteiger partial charge in [-0.05, 0) is 39.5 Å². The molecule has 128 valence electrons. The lowest BCUT2D eigenvalue weighted by Crippen LogP contribution is -2.44. The van der Waals surface area contributed by atoms with E-state index in [1.54, 1.807) is 11.3 Å². The molecule has 0 spiro atoms. The Labute approximate surface area is 142 Å². The number of carbonyl (C=O) groups excluding carboxylic acids is 1. The highest BCUT2D eigenvalue weighted by Gasteiger charge is 2.29. The molecular formula is C17H26N2O3S. The molecule has 23 heavy (non-hydrogen) atoms. The second-order valence-corrected chi connectivity index (χ2v) is 7.45. The van der Waals surface area contributed by atoms with Crippen molar-refractivity contribution in [3.63, 3.8) is 0 Å². The van der Waals surface area contributed by atoms with E-state index in [-0.39, 0.29) is 12.0 Å². The molecule has 5 nitrogen and oxygen atoms in total. The van der Waals surface area contributed by atoms with Crippen molar-refractivity contribution in [1.82, 2.24) is 9.88 Å². The minimum atomic E-state index is -0.393. The van der Waals surface area contributed by atoms with Crippen molar-refractivity contribution in [2.75, 3.05) is 26.3 Å². The third-order valence-electron chi connectivity index (χ3n) is 4.62. The number of nitrogens with zero attached hydrogens (tertiary/aromatic N) is 2. The molecule has 1 aromatic heterocycles. The third kappa shape index (κ3) is 4.31. The van der Waals surface area contributed by atoms with E-state index in [0.29, 0.717) is 12.5 Å². The van der Waals surface area contributed by atoms with E-state index < -0.39 is 6.10 Å². The van der Waals surface area contributed by atoms with E-state index in [9.17, 15) is 4.79 Å². The van der Waals surface area contributed by atoms with Gasteiger partial charge in [-0.15, -0.1) is 11.3 Å². The fourth-order valence-corrected chi connectivity index (χ4v) is 4.22. The van der Waals surface area contributed by atoms with Crippen molar-refractivity contribution >= 4 is 17.2 Å². The molecule has 0 saturated carbocycles. The number of aryl methyl sites for hydroxylation is 1. The first-order valence-electron chi connectivity index (χ1n) is 8.57. The number of amides is 1. The molecular weight excluding hydrogens is 312 g/mol. The average Bonchev–Trinajstić information content (AvgIpc) is 3.23. The normalized spacial score (nSPS) is 26.4. The summed E-state index contributed by atoms with van der Waals surface area (Å²) in [6.45, 7) is 6.81. The number of likely N-dealkylation sites (tertiary alicyclic amines) is 1. The fourth-order valence-electron chi connectivity index (χ4n) is 3.29. The molecule has 0 aromatic carbocycles. The summed E-state index contributed by atoms with van der Waals surface area (Å²) >= 11 is 1.71. The van der Waals surface area contributed by atoms with Gasteiger partial charge in [0.15, 0.2) is 0 Å². The highest BCUT2D eigenvalue weighted by Crippen LogP contribution is 2.29. The second-order valence-electron chi connectivity index (χ2n) is 6.56. The van der Waals surface area contributed by atoms with Crippen LogP contribution in [0.5, 0.6) is 0 Å². The van der Waals surface area contributed by atoms with Crippen LogP contribution in [0.15, 0.2) is 5.38 Å². The summed E-state index contributed by atoms with van der Waals surface area (Å²) < 4.78 is 11.3. The molecule has 2 aliphatic heterocycles. The predicted molar refractivity (Wildman–Crippen MR) is 89.8 cm³/mol. The van der Waals surface area contributed by atoms with Gasteiger partial charge in [0, 0.05) is 36.7 Å². The van der Waals surface area contributed by atoms with Gasteiger partial charge in [0.1, 0.15) is 6.10 Å². The van der Waals surface area contributed by atoms with Crippen molar-refractivity contribution in [2.45, 2.75) is 57.7 Å². The van der Waals surface area contributed by atoms with Gasteiger partial charge in [0.25, 0.3) is 5.91 Å². The fraction of sp³-hybridized carbons (Fsp3) is 0.765. The van der Waals surface area contributed by atoms with Gasteiger partial charge in [-0.1, -0.05) is 0 Å². The molecule has 3 unspecified atom stereocenters. The maximum absolute atomic E-state index is 12.6. The molecule has 1 aromatic rings. The topological polar surface area (TPSA) is 51.7 Å². The van der Waals surface area contributed by atoms with Crippen LogP contribution >= 0.6 is 11.3 Å². The SMILES string of the molecule is Cc1csc(C2CCCN(C(=O)C(C)OCC3CCCO3)C2)n1. The van der Waals surface area contributed by atoms with Crippen molar-refractivity contribution in [3.8, 4) is 0 Å². The maximum Gasteiger partial charge on any atom is 0.251 e. The van der Waals surface area contributed by atoms with E-state index in [1.165, 1.54) is 0 Å². The lowest BCUT2D eigenvalue weighted by Gasteiger charge is -2.33. The molecule has 2 saturated heterocycles. The summed E-state index contributed by atoms with van der Waals surface area (Å²) in [6, 6.07) is 0. The van der Waals surface area contributed by atoms with E-state index in [4.69, 9.17) is 9.47 Å². The highest BCUT2D eigenvalue weighted by molar-refractivity contribution is 7.09. The van der Waals surface area contributed by atoms with Crippen LogP contribution in [0.4, 0.5) is 0 Å². The first-order chi connectivity index (χ1) is 11.1. The summed E-state index contributed by atoms with van der Waals surface area (Å²) in [4.78, 5) is 19.2. The van der Waals surface area contributed by atoms with E-state index in [1.807, 2.05) is 18.7 Å².